The molecule has 4 aliphatic heterocycles. The van der Waals surface area contributed by atoms with E-state index in [2.05, 4.69) is 289 Å². The fourth-order valence-electron chi connectivity index (χ4n) is 14.7. The molecule has 0 fully saturated rings. The SMILES string of the molecule is Cc1ccc2c(oc3c(-c4cc5c6c(c4)N4c7ccc(C(C)(C)C)cc7Sc7cc(C(C)(C)C)cc(c74)B6c4cc(C(C)(C)C)cc6c4N5c4ccc(C(C)(C)C)cc4S6)cccc32)c1-c1n(-c2c(C(C)C)cccc2C(C)C)c2ccccc2[n+]1C. The minimum atomic E-state index is -0.0857. The summed E-state index contributed by atoms with van der Waals surface area (Å²) in [5.74, 6) is 1.72. The van der Waals surface area contributed by atoms with E-state index in [0.717, 1.165) is 44.5 Å². The van der Waals surface area contributed by atoms with Gasteiger partial charge in [-0.3, -0.25) is 0 Å². The number of hydrogen-bond acceptors (Lipinski definition) is 5. The van der Waals surface area contributed by atoms with Gasteiger partial charge in [0, 0.05) is 58.4 Å². The molecular formula is C79H80BN4OS2+. The molecule has 6 heterocycles. The minimum Gasteiger partial charge on any atom is -0.454 e. The van der Waals surface area contributed by atoms with Gasteiger partial charge in [0.25, 0.3) is 12.5 Å². The van der Waals surface area contributed by atoms with Gasteiger partial charge < -0.3 is 14.2 Å². The molecular weight excluding hydrogens is 1100 g/mol. The smallest absolute Gasteiger partial charge is 0.299 e. The third-order valence-corrected chi connectivity index (χ3v) is 21.6. The van der Waals surface area contributed by atoms with E-state index in [1.807, 2.05) is 23.5 Å². The minimum absolute atomic E-state index is 0.0215. The van der Waals surface area contributed by atoms with E-state index in [1.165, 1.54) is 126 Å². The van der Waals surface area contributed by atoms with E-state index in [-0.39, 0.29) is 28.4 Å². The van der Waals surface area contributed by atoms with E-state index in [4.69, 9.17) is 4.42 Å². The molecule has 0 N–H and O–H groups in total. The summed E-state index contributed by atoms with van der Waals surface area (Å²) in [5, 5.41) is 2.22. The molecule has 8 heteroatoms. The van der Waals surface area contributed by atoms with Crippen LogP contribution in [0.15, 0.2) is 170 Å². The van der Waals surface area contributed by atoms with E-state index in [0.29, 0.717) is 11.8 Å². The van der Waals surface area contributed by atoms with Crippen molar-refractivity contribution in [1.29, 1.82) is 0 Å². The number of nitrogens with zero attached hydrogens (tertiary/aromatic N) is 4. The molecule has 0 amide bonds. The van der Waals surface area contributed by atoms with Crippen LogP contribution in [0.2, 0.25) is 0 Å². The normalized spacial score (nSPS) is 14.4. The van der Waals surface area contributed by atoms with Crippen LogP contribution in [0.3, 0.4) is 0 Å². The molecule has 87 heavy (non-hydrogen) atoms. The fourth-order valence-corrected chi connectivity index (χ4v) is 17.0. The quantitative estimate of drug-likeness (QED) is 0.127. The maximum Gasteiger partial charge on any atom is 0.299 e. The Morgan fingerprint density at radius 3 is 1.48 bits per heavy atom. The van der Waals surface area contributed by atoms with Crippen molar-refractivity contribution in [1.82, 2.24) is 4.57 Å². The standard InChI is InChI=1S/C79H80BN4OS2/c1-43(2)51-23-21-24-52(44(3)4)70(51)84-59-28-20-19-27-58(59)81(18)75(84)68-45(5)29-32-55-54-26-22-25-53(73(54)85-74(55)68)46-35-62-69-63(36-46)83-61-34-31-48(77(9,10)11)40-65(61)87-67-42-50(79(15,16)17)38-57(72(67)83)80(69)56-37-49(78(12,13)14)41-66-71(56)82(62)60-33-30-47(76(6,7)8)39-64(60)86-66/h19-44H,1-18H3/q+1. The summed E-state index contributed by atoms with van der Waals surface area (Å²) in [4.78, 5) is 10.6. The van der Waals surface area contributed by atoms with E-state index in [9.17, 15) is 0 Å². The highest BCUT2D eigenvalue weighted by Crippen LogP contribution is 2.59. The molecule has 4 aliphatic rings. The van der Waals surface area contributed by atoms with Crippen molar-refractivity contribution in [3.63, 3.8) is 0 Å². The highest BCUT2D eigenvalue weighted by atomic mass is 32.2. The molecule has 0 bridgehead atoms. The zero-order valence-corrected chi connectivity index (χ0v) is 55.7. The molecule has 15 rings (SSSR count). The molecule has 5 nitrogen and oxygen atoms in total. The Bertz CT molecular complexity index is 4610. The summed E-state index contributed by atoms with van der Waals surface area (Å²) in [6.45, 7) is 39.9. The molecule has 0 saturated heterocycles. The van der Waals surface area contributed by atoms with E-state index >= 15 is 0 Å². The number of aromatic nitrogens is 2. The molecule has 0 unspecified atom stereocenters. The number of fused-ring (bicyclic) bond motifs is 12. The zero-order valence-electron chi connectivity index (χ0n) is 54.1. The highest BCUT2D eigenvalue weighted by molar-refractivity contribution is 8.00. The second-order valence-electron chi connectivity index (χ2n) is 30.1. The number of rotatable bonds is 5. The van der Waals surface area contributed by atoms with E-state index < -0.39 is 0 Å². The number of aryl methyl sites for hydroxylation is 2. The molecule has 0 radical (unpaired) electrons. The number of para-hydroxylation sites is 4. The van der Waals surface area contributed by atoms with Gasteiger partial charge in [-0.15, -0.1) is 0 Å². The third kappa shape index (κ3) is 8.38. The van der Waals surface area contributed by atoms with Crippen LogP contribution in [-0.2, 0) is 28.7 Å². The van der Waals surface area contributed by atoms with Gasteiger partial charge in [-0.05, 0) is 151 Å². The van der Waals surface area contributed by atoms with Crippen LogP contribution in [0.1, 0.15) is 162 Å². The van der Waals surface area contributed by atoms with Gasteiger partial charge >= 0.3 is 0 Å². The first-order valence-electron chi connectivity index (χ1n) is 31.6. The molecule has 0 aliphatic carbocycles. The Hall–Kier alpha value is -7.39. The molecule has 9 aromatic carbocycles. The lowest BCUT2D eigenvalue weighted by atomic mass is 9.33. The summed E-state index contributed by atoms with van der Waals surface area (Å²) in [5.41, 5.74) is 29.4. The topological polar surface area (TPSA) is 28.4 Å². The number of hydrogen-bond donors (Lipinski definition) is 0. The lowest BCUT2D eigenvalue weighted by molar-refractivity contribution is -0.633. The van der Waals surface area contributed by atoms with Crippen LogP contribution in [0.4, 0.5) is 34.1 Å². The van der Waals surface area contributed by atoms with Crippen molar-refractivity contribution in [3.05, 3.63) is 185 Å². The summed E-state index contributed by atoms with van der Waals surface area (Å²) in [6.07, 6.45) is 0. The average molecular weight is 1180 g/mol. The average Bonchev–Trinajstić information content (AvgIpc) is 1.43. The number of anilines is 6. The summed E-state index contributed by atoms with van der Waals surface area (Å²) in [6, 6.07) is 57.2. The van der Waals surface area contributed by atoms with Crippen molar-refractivity contribution in [2.45, 2.75) is 171 Å². The molecule has 0 atom stereocenters. The van der Waals surface area contributed by atoms with Crippen molar-refractivity contribution >= 4 is 114 Å². The first-order valence-corrected chi connectivity index (χ1v) is 33.2. The van der Waals surface area contributed by atoms with Gasteiger partial charge in [0.15, 0.2) is 16.6 Å². The summed E-state index contributed by atoms with van der Waals surface area (Å²) < 4.78 is 12.7. The lowest BCUT2D eigenvalue weighted by Gasteiger charge is -2.48. The largest absolute Gasteiger partial charge is 0.454 e. The molecule has 2 aromatic heterocycles. The monoisotopic (exact) mass is 1180 g/mol. The van der Waals surface area contributed by atoms with Crippen molar-refractivity contribution in [2.75, 3.05) is 9.80 Å². The second kappa shape index (κ2) is 19.1. The first kappa shape index (κ1) is 56.1. The molecule has 0 saturated carbocycles. The number of benzene rings is 9. The number of furan rings is 1. The van der Waals surface area contributed by atoms with Crippen LogP contribution >= 0.6 is 23.5 Å². The maximum atomic E-state index is 7.77. The summed E-state index contributed by atoms with van der Waals surface area (Å²) >= 11 is 3.92. The van der Waals surface area contributed by atoms with Gasteiger partial charge in [0.1, 0.15) is 16.8 Å². The Balaban J connectivity index is 1.05. The zero-order chi connectivity index (χ0) is 61.0. The second-order valence-corrected chi connectivity index (χ2v) is 32.3. The Morgan fingerprint density at radius 2 is 0.966 bits per heavy atom. The maximum absolute atomic E-state index is 7.77. The van der Waals surface area contributed by atoms with Crippen molar-refractivity contribution in [2.24, 2.45) is 7.05 Å². The van der Waals surface area contributed by atoms with Crippen LogP contribution in [0.5, 0.6) is 0 Å². The predicted molar refractivity (Wildman–Crippen MR) is 373 cm³/mol. The van der Waals surface area contributed by atoms with Crippen molar-refractivity contribution < 1.29 is 8.98 Å². The first-order chi connectivity index (χ1) is 41.2. The molecule has 0 spiro atoms. The Kier molecular flexibility index (Phi) is 12.3. The summed E-state index contributed by atoms with van der Waals surface area (Å²) in [7, 11) is 2.24. The lowest BCUT2D eigenvalue weighted by Crippen LogP contribution is -2.62. The van der Waals surface area contributed by atoms with Gasteiger partial charge in [0.2, 0.25) is 0 Å². The van der Waals surface area contributed by atoms with Gasteiger partial charge in [-0.1, -0.05) is 219 Å². The highest BCUT2D eigenvalue weighted by Gasteiger charge is 2.49. The van der Waals surface area contributed by atoms with Gasteiger partial charge in [-0.2, -0.15) is 4.57 Å². The van der Waals surface area contributed by atoms with Crippen LogP contribution in [0.25, 0.3) is 61.2 Å². The van der Waals surface area contributed by atoms with Crippen LogP contribution in [0, 0.1) is 6.92 Å². The van der Waals surface area contributed by atoms with Crippen molar-refractivity contribution in [3.8, 4) is 28.2 Å². The van der Waals surface area contributed by atoms with Crippen LogP contribution in [-0.4, -0.2) is 11.3 Å². The predicted octanol–water partition coefficient (Wildman–Crippen LogP) is 20.4. The number of imidazole rings is 1. The van der Waals surface area contributed by atoms with Gasteiger partial charge in [-0.25, -0.2) is 4.57 Å². The Labute approximate surface area is 524 Å². The Morgan fingerprint density at radius 1 is 0.471 bits per heavy atom. The fraction of sp³-hybridized carbons (Fsp3) is 0.304. The van der Waals surface area contributed by atoms with E-state index in [1.54, 1.807) is 0 Å². The molecule has 436 valence electrons. The molecule has 11 aromatic rings. The third-order valence-electron chi connectivity index (χ3n) is 19.5. The van der Waals surface area contributed by atoms with Gasteiger partial charge in [0.05, 0.1) is 29.8 Å². The van der Waals surface area contributed by atoms with Crippen LogP contribution < -0.4 is 30.8 Å².